The molecule has 1 heterocycles. The zero-order valence-electron chi connectivity index (χ0n) is 13.5. The summed E-state index contributed by atoms with van der Waals surface area (Å²) in [7, 11) is 0. The van der Waals surface area contributed by atoms with Crippen molar-refractivity contribution in [3.8, 4) is 0 Å². The second-order valence-corrected chi connectivity index (χ2v) is 6.55. The van der Waals surface area contributed by atoms with E-state index in [-0.39, 0.29) is 7.43 Å². The number of hydrogen-bond acceptors (Lipinski definition) is 1. The van der Waals surface area contributed by atoms with Crippen LogP contribution in [-0.4, -0.2) is 0 Å². The van der Waals surface area contributed by atoms with E-state index in [0.29, 0.717) is 0 Å². The largest absolute Gasteiger partial charge is 0.455 e. The summed E-state index contributed by atoms with van der Waals surface area (Å²) in [5, 5.41) is 9.92. The van der Waals surface area contributed by atoms with Gasteiger partial charge in [0.2, 0.25) is 0 Å². The van der Waals surface area contributed by atoms with E-state index in [9.17, 15) is 0 Å². The third kappa shape index (κ3) is 1.80. The molecule has 124 valence electrons. The van der Waals surface area contributed by atoms with Crippen LogP contribution >= 0.6 is 0 Å². The molecule has 0 aliphatic heterocycles. The van der Waals surface area contributed by atoms with Crippen LogP contribution in [0.2, 0.25) is 0 Å². The highest BCUT2D eigenvalue weighted by atomic mass is 16.3. The van der Waals surface area contributed by atoms with Gasteiger partial charge in [0.25, 0.3) is 0 Å². The van der Waals surface area contributed by atoms with Crippen molar-refractivity contribution < 1.29 is 4.42 Å². The lowest BCUT2D eigenvalue weighted by Crippen LogP contribution is -1.83. The van der Waals surface area contributed by atoms with Crippen LogP contribution < -0.4 is 0 Å². The van der Waals surface area contributed by atoms with Crippen molar-refractivity contribution in [1.29, 1.82) is 0 Å². The lowest BCUT2D eigenvalue weighted by atomic mass is 9.93. The van der Waals surface area contributed by atoms with Crippen molar-refractivity contribution in [2.24, 2.45) is 0 Å². The van der Waals surface area contributed by atoms with Gasteiger partial charge in [0.05, 0.1) is 0 Å². The average molecular weight is 334 g/mol. The van der Waals surface area contributed by atoms with Gasteiger partial charge < -0.3 is 4.42 Å². The van der Waals surface area contributed by atoms with Crippen LogP contribution in [0.5, 0.6) is 0 Å². The molecule has 0 fully saturated rings. The van der Waals surface area contributed by atoms with Crippen LogP contribution in [-0.2, 0) is 0 Å². The second kappa shape index (κ2) is 5.34. The molecular formula is C25H18O. The number of rotatable bonds is 0. The Labute approximate surface area is 151 Å². The fourth-order valence-electron chi connectivity index (χ4n) is 4.17. The molecule has 6 aromatic rings. The molecule has 0 aliphatic carbocycles. The van der Waals surface area contributed by atoms with E-state index in [1.54, 1.807) is 0 Å². The standard InChI is InChI=1S/C24H14O.CH4/c1-2-9-17-15(7-1)16-8-3-4-11-19(16)23-20(17)13-14-21-18-10-5-6-12-22(18)25-24(21)23;/h1-14H;1H4. The molecule has 1 nitrogen and oxygen atoms in total. The molecule has 0 unspecified atom stereocenters. The quantitative estimate of drug-likeness (QED) is 0.260. The second-order valence-electron chi connectivity index (χ2n) is 6.55. The molecule has 0 spiro atoms. The maximum absolute atomic E-state index is 6.32. The average Bonchev–Trinajstić information content (AvgIpc) is 3.06. The first-order valence-electron chi connectivity index (χ1n) is 8.55. The first-order chi connectivity index (χ1) is 12.4. The third-order valence-electron chi connectivity index (χ3n) is 5.25. The summed E-state index contributed by atoms with van der Waals surface area (Å²) in [6.07, 6.45) is 0. The van der Waals surface area contributed by atoms with E-state index in [1.807, 2.05) is 12.1 Å². The number of hydrogen-bond donors (Lipinski definition) is 0. The summed E-state index contributed by atoms with van der Waals surface area (Å²) in [5.74, 6) is 0. The number of benzene rings is 5. The monoisotopic (exact) mass is 334 g/mol. The molecule has 5 aromatic carbocycles. The van der Waals surface area contributed by atoms with Gasteiger partial charge in [0, 0.05) is 16.2 Å². The lowest BCUT2D eigenvalue weighted by molar-refractivity contribution is 0.673. The highest BCUT2D eigenvalue weighted by Gasteiger charge is 2.15. The minimum atomic E-state index is 0. The van der Waals surface area contributed by atoms with Crippen molar-refractivity contribution in [3.63, 3.8) is 0 Å². The maximum Gasteiger partial charge on any atom is 0.143 e. The van der Waals surface area contributed by atoms with Crippen LogP contribution in [0.4, 0.5) is 0 Å². The van der Waals surface area contributed by atoms with Crippen LogP contribution in [0.25, 0.3) is 54.3 Å². The Morgan fingerprint density at radius 2 is 0.885 bits per heavy atom. The number of para-hydroxylation sites is 1. The molecule has 0 saturated carbocycles. The Morgan fingerprint density at radius 3 is 1.58 bits per heavy atom. The fraction of sp³-hybridized carbons (Fsp3) is 0.0400. The van der Waals surface area contributed by atoms with Gasteiger partial charge in [-0.2, -0.15) is 0 Å². The van der Waals surface area contributed by atoms with Gasteiger partial charge in [0.15, 0.2) is 0 Å². The highest BCUT2D eigenvalue weighted by molar-refractivity contribution is 6.32. The minimum absolute atomic E-state index is 0. The smallest absolute Gasteiger partial charge is 0.143 e. The summed E-state index contributed by atoms with van der Waals surface area (Å²) in [4.78, 5) is 0. The molecule has 0 N–H and O–H groups in total. The number of furan rings is 1. The molecule has 0 aliphatic rings. The van der Waals surface area contributed by atoms with E-state index < -0.39 is 0 Å². The fourth-order valence-corrected chi connectivity index (χ4v) is 4.17. The van der Waals surface area contributed by atoms with E-state index in [0.717, 1.165) is 11.2 Å². The first kappa shape index (κ1) is 15.0. The predicted octanol–water partition coefficient (Wildman–Crippen LogP) is 7.68. The Kier molecular flexibility index (Phi) is 3.07. The topological polar surface area (TPSA) is 13.1 Å². The number of fused-ring (bicyclic) bond motifs is 10. The molecule has 1 heteroatoms. The van der Waals surface area contributed by atoms with Crippen molar-refractivity contribution in [2.45, 2.75) is 7.43 Å². The first-order valence-corrected chi connectivity index (χ1v) is 8.55. The molecule has 0 amide bonds. The third-order valence-corrected chi connectivity index (χ3v) is 5.25. The molecule has 1 aromatic heterocycles. The van der Waals surface area contributed by atoms with E-state index in [4.69, 9.17) is 4.42 Å². The van der Waals surface area contributed by atoms with Crippen LogP contribution in [0.15, 0.2) is 89.3 Å². The van der Waals surface area contributed by atoms with E-state index in [2.05, 4.69) is 72.8 Å². The Balaban J connectivity index is 0.00000150. The Morgan fingerprint density at radius 1 is 0.423 bits per heavy atom. The van der Waals surface area contributed by atoms with Gasteiger partial charge in [-0.1, -0.05) is 80.2 Å². The normalized spacial score (nSPS) is 11.5. The van der Waals surface area contributed by atoms with Gasteiger partial charge >= 0.3 is 0 Å². The summed E-state index contributed by atoms with van der Waals surface area (Å²) >= 11 is 0. The summed E-state index contributed by atoms with van der Waals surface area (Å²) in [5.41, 5.74) is 1.93. The van der Waals surface area contributed by atoms with Crippen LogP contribution in [0.1, 0.15) is 7.43 Å². The van der Waals surface area contributed by atoms with Crippen LogP contribution in [0.3, 0.4) is 0 Å². The molecule has 0 atom stereocenters. The Hall–Kier alpha value is -3.32. The SMILES string of the molecule is C.c1ccc2c(c1)oc1c2ccc2c3ccccc3c3ccccc3c21. The van der Waals surface area contributed by atoms with E-state index >= 15 is 0 Å². The van der Waals surface area contributed by atoms with Gasteiger partial charge in [-0.15, -0.1) is 0 Å². The van der Waals surface area contributed by atoms with Gasteiger partial charge in [-0.3, -0.25) is 0 Å². The zero-order valence-corrected chi connectivity index (χ0v) is 13.5. The van der Waals surface area contributed by atoms with Gasteiger partial charge in [-0.25, -0.2) is 0 Å². The molecule has 6 rings (SSSR count). The summed E-state index contributed by atoms with van der Waals surface area (Å²) in [6.45, 7) is 0. The molecule has 26 heavy (non-hydrogen) atoms. The molecular weight excluding hydrogens is 316 g/mol. The zero-order chi connectivity index (χ0) is 16.4. The minimum Gasteiger partial charge on any atom is -0.455 e. The maximum atomic E-state index is 6.32. The van der Waals surface area contributed by atoms with Crippen LogP contribution in [0, 0.1) is 0 Å². The summed E-state index contributed by atoms with van der Waals surface area (Å²) < 4.78 is 6.32. The van der Waals surface area contributed by atoms with Crippen molar-refractivity contribution in [2.75, 3.05) is 0 Å². The van der Waals surface area contributed by atoms with Crippen molar-refractivity contribution in [1.82, 2.24) is 0 Å². The Bertz CT molecular complexity index is 1400. The molecule has 0 bridgehead atoms. The predicted molar refractivity (Wildman–Crippen MR) is 113 cm³/mol. The summed E-state index contributed by atoms with van der Waals surface area (Å²) in [6, 6.07) is 30.0. The van der Waals surface area contributed by atoms with Crippen molar-refractivity contribution >= 4 is 54.3 Å². The van der Waals surface area contributed by atoms with E-state index in [1.165, 1.54) is 43.1 Å². The lowest BCUT2D eigenvalue weighted by Gasteiger charge is -2.10. The van der Waals surface area contributed by atoms with Crippen molar-refractivity contribution in [3.05, 3.63) is 84.9 Å². The van der Waals surface area contributed by atoms with Gasteiger partial charge in [0.1, 0.15) is 11.2 Å². The van der Waals surface area contributed by atoms with Gasteiger partial charge in [-0.05, 0) is 39.1 Å². The molecule has 0 saturated heterocycles. The highest BCUT2D eigenvalue weighted by Crippen LogP contribution is 2.41. The molecule has 0 radical (unpaired) electrons.